The molecule has 2 heteroatoms. The maximum atomic E-state index is 6.53. The predicted octanol–water partition coefficient (Wildman–Crippen LogP) is 4.80. The summed E-state index contributed by atoms with van der Waals surface area (Å²) in [5, 5.41) is 0.509. The van der Waals surface area contributed by atoms with Crippen LogP contribution in [0.3, 0.4) is 0 Å². The Hall–Kier alpha value is -1.25. The van der Waals surface area contributed by atoms with Gasteiger partial charge < -0.3 is 5.73 Å². The molecular formula is C19H23NS. The highest BCUT2D eigenvalue weighted by Gasteiger charge is 2.30. The molecule has 0 saturated carbocycles. The van der Waals surface area contributed by atoms with Crippen molar-refractivity contribution in [2.45, 2.75) is 43.2 Å². The zero-order chi connectivity index (χ0) is 14.8. The molecule has 0 heterocycles. The van der Waals surface area contributed by atoms with Crippen molar-refractivity contribution in [3.05, 3.63) is 70.8 Å². The van der Waals surface area contributed by atoms with Gasteiger partial charge in [-0.25, -0.2) is 0 Å². The first-order valence-electron chi connectivity index (χ1n) is 7.67. The highest BCUT2D eigenvalue weighted by Crippen LogP contribution is 2.42. The monoisotopic (exact) mass is 297 g/mol. The summed E-state index contributed by atoms with van der Waals surface area (Å²) in [5.41, 5.74) is 12.1. The Morgan fingerprint density at radius 2 is 1.71 bits per heavy atom. The molecule has 0 fully saturated rings. The molecule has 110 valence electrons. The largest absolute Gasteiger partial charge is 0.323 e. The van der Waals surface area contributed by atoms with Gasteiger partial charge in [-0.3, -0.25) is 0 Å². The van der Waals surface area contributed by atoms with Crippen LogP contribution in [-0.2, 0) is 5.75 Å². The summed E-state index contributed by atoms with van der Waals surface area (Å²) in [6.45, 7) is 4.51. The molecule has 0 spiro atoms. The zero-order valence-electron chi connectivity index (χ0n) is 12.8. The second-order valence-electron chi connectivity index (χ2n) is 6.07. The lowest BCUT2D eigenvalue weighted by Crippen LogP contribution is -2.31. The summed E-state index contributed by atoms with van der Waals surface area (Å²) in [5.74, 6) is 1.66. The minimum absolute atomic E-state index is 0.159. The summed E-state index contributed by atoms with van der Waals surface area (Å²) < 4.78 is 0. The van der Waals surface area contributed by atoms with E-state index >= 15 is 0 Å². The fourth-order valence-electron chi connectivity index (χ4n) is 3.23. The molecule has 3 rings (SSSR count). The van der Waals surface area contributed by atoms with E-state index in [2.05, 4.69) is 62.4 Å². The van der Waals surface area contributed by atoms with Crippen molar-refractivity contribution in [2.24, 2.45) is 5.73 Å². The number of thioether (sulfide) groups is 1. The molecule has 0 radical (unpaired) electrons. The van der Waals surface area contributed by atoms with Crippen molar-refractivity contribution in [3.63, 3.8) is 0 Å². The van der Waals surface area contributed by atoms with Crippen LogP contribution in [0.2, 0.25) is 0 Å². The van der Waals surface area contributed by atoms with Gasteiger partial charge in [0.05, 0.1) is 0 Å². The SMILES string of the molecule is Cc1ccccc1CSC1CC(C)c2ccccc2C1N. The van der Waals surface area contributed by atoms with E-state index in [1.807, 2.05) is 11.8 Å². The summed E-state index contributed by atoms with van der Waals surface area (Å²) in [6.07, 6.45) is 1.18. The van der Waals surface area contributed by atoms with E-state index in [0.717, 1.165) is 5.75 Å². The van der Waals surface area contributed by atoms with E-state index in [0.29, 0.717) is 11.2 Å². The van der Waals surface area contributed by atoms with Crippen molar-refractivity contribution < 1.29 is 0 Å². The molecule has 1 nitrogen and oxygen atoms in total. The average molecular weight is 297 g/mol. The molecule has 0 aromatic heterocycles. The van der Waals surface area contributed by atoms with Crippen LogP contribution in [0.15, 0.2) is 48.5 Å². The molecule has 2 N–H and O–H groups in total. The van der Waals surface area contributed by atoms with E-state index < -0.39 is 0 Å². The van der Waals surface area contributed by atoms with Crippen LogP contribution in [0.25, 0.3) is 0 Å². The number of hydrogen-bond acceptors (Lipinski definition) is 2. The number of rotatable bonds is 3. The summed E-state index contributed by atoms with van der Waals surface area (Å²) >= 11 is 2.02. The van der Waals surface area contributed by atoms with Gasteiger partial charge >= 0.3 is 0 Å². The lowest BCUT2D eigenvalue weighted by Gasteiger charge is -2.34. The van der Waals surface area contributed by atoms with Crippen molar-refractivity contribution in [1.29, 1.82) is 0 Å². The quantitative estimate of drug-likeness (QED) is 0.880. The molecular weight excluding hydrogens is 274 g/mol. The van der Waals surface area contributed by atoms with Gasteiger partial charge in [0.15, 0.2) is 0 Å². The molecule has 2 aromatic carbocycles. The van der Waals surface area contributed by atoms with E-state index in [4.69, 9.17) is 5.73 Å². The van der Waals surface area contributed by atoms with Gasteiger partial charge in [0.1, 0.15) is 0 Å². The van der Waals surface area contributed by atoms with Gasteiger partial charge in [0.25, 0.3) is 0 Å². The third-order valence-corrected chi connectivity index (χ3v) is 5.98. The van der Waals surface area contributed by atoms with Crippen molar-refractivity contribution in [2.75, 3.05) is 0 Å². The molecule has 1 aliphatic carbocycles. The third-order valence-electron chi connectivity index (χ3n) is 4.59. The Bertz CT molecular complexity index is 622. The smallest absolute Gasteiger partial charge is 0.0418 e. The van der Waals surface area contributed by atoms with Gasteiger partial charge in [0, 0.05) is 17.0 Å². The van der Waals surface area contributed by atoms with E-state index in [1.165, 1.54) is 28.7 Å². The molecule has 3 atom stereocenters. The van der Waals surface area contributed by atoms with E-state index in [9.17, 15) is 0 Å². The van der Waals surface area contributed by atoms with Crippen LogP contribution in [0, 0.1) is 6.92 Å². The first-order chi connectivity index (χ1) is 10.2. The Morgan fingerprint density at radius 1 is 1.05 bits per heavy atom. The highest BCUT2D eigenvalue weighted by atomic mass is 32.2. The molecule has 2 aromatic rings. The summed E-state index contributed by atoms with van der Waals surface area (Å²) in [7, 11) is 0. The Kier molecular flexibility index (Phi) is 4.37. The van der Waals surface area contributed by atoms with Crippen LogP contribution in [0.4, 0.5) is 0 Å². The van der Waals surface area contributed by atoms with Crippen molar-refractivity contribution in [3.8, 4) is 0 Å². The lowest BCUT2D eigenvalue weighted by molar-refractivity contribution is 0.527. The number of nitrogens with two attached hydrogens (primary N) is 1. The maximum Gasteiger partial charge on any atom is 0.0418 e. The van der Waals surface area contributed by atoms with Crippen LogP contribution >= 0.6 is 11.8 Å². The van der Waals surface area contributed by atoms with Crippen LogP contribution in [0.5, 0.6) is 0 Å². The van der Waals surface area contributed by atoms with Crippen molar-refractivity contribution in [1.82, 2.24) is 0 Å². The van der Waals surface area contributed by atoms with Crippen LogP contribution in [-0.4, -0.2) is 5.25 Å². The number of aryl methyl sites for hydroxylation is 1. The highest BCUT2D eigenvalue weighted by molar-refractivity contribution is 7.99. The molecule has 0 saturated heterocycles. The molecule has 21 heavy (non-hydrogen) atoms. The molecule has 0 amide bonds. The number of fused-ring (bicyclic) bond motifs is 1. The topological polar surface area (TPSA) is 26.0 Å². The Morgan fingerprint density at radius 3 is 2.48 bits per heavy atom. The first-order valence-corrected chi connectivity index (χ1v) is 8.72. The first kappa shape index (κ1) is 14.7. The molecule has 3 unspecified atom stereocenters. The second kappa shape index (κ2) is 6.25. The van der Waals surface area contributed by atoms with E-state index in [1.54, 1.807) is 0 Å². The minimum Gasteiger partial charge on any atom is -0.323 e. The number of hydrogen-bond donors (Lipinski definition) is 1. The third kappa shape index (κ3) is 3.02. The standard InChI is InChI=1S/C19H23NS/c1-13-7-3-4-8-15(13)12-21-18-11-14(2)16-9-5-6-10-17(16)19(18)20/h3-10,14,18-19H,11-12,20H2,1-2H3. The second-order valence-corrected chi connectivity index (χ2v) is 7.29. The number of benzene rings is 2. The summed E-state index contributed by atoms with van der Waals surface area (Å²) in [4.78, 5) is 0. The minimum atomic E-state index is 0.159. The van der Waals surface area contributed by atoms with Gasteiger partial charge in [0.2, 0.25) is 0 Å². The van der Waals surface area contributed by atoms with Crippen molar-refractivity contribution >= 4 is 11.8 Å². The fourth-order valence-corrected chi connectivity index (χ4v) is 4.72. The lowest BCUT2D eigenvalue weighted by atomic mass is 9.81. The zero-order valence-corrected chi connectivity index (χ0v) is 13.6. The van der Waals surface area contributed by atoms with Gasteiger partial charge in [-0.2, -0.15) is 11.8 Å². The fraction of sp³-hybridized carbons (Fsp3) is 0.368. The molecule has 0 bridgehead atoms. The van der Waals surface area contributed by atoms with Crippen LogP contribution < -0.4 is 5.73 Å². The Balaban J connectivity index is 1.74. The normalized spacial score (nSPS) is 24.6. The average Bonchev–Trinajstić information content (AvgIpc) is 2.51. The summed E-state index contributed by atoms with van der Waals surface area (Å²) in [6, 6.07) is 17.5. The maximum absolute atomic E-state index is 6.53. The van der Waals surface area contributed by atoms with Gasteiger partial charge in [-0.1, -0.05) is 55.5 Å². The molecule has 1 aliphatic rings. The van der Waals surface area contributed by atoms with Gasteiger partial charge in [-0.05, 0) is 41.5 Å². The Labute approximate surface area is 132 Å². The molecule has 0 aliphatic heterocycles. The van der Waals surface area contributed by atoms with Crippen LogP contribution in [0.1, 0.15) is 47.6 Å². The predicted molar refractivity (Wildman–Crippen MR) is 92.7 cm³/mol. The van der Waals surface area contributed by atoms with E-state index in [-0.39, 0.29) is 6.04 Å². The van der Waals surface area contributed by atoms with Gasteiger partial charge in [-0.15, -0.1) is 0 Å².